The third-order valence-electron chi connectivity index (χ3n) is 7.29. The molecule has 0 spiro atoms. The number of carbonyl (C=O) groups excluding carboxylic acids is 1. The Hall–Kier alpha value is -4.07. The molecule has 2 aromatic carbocycles. The Morgan fingerprint density at radius 2 is 1.90 bits per heavy atom. The van der Waals surface area contributed by atoms with Crippen LogP contribution in [0.2, 0.25) is 5.02 Å². The Balaban J connectivity index is 1.14. The number of hydrogen-bond donors (Lipinski definition) is 1. The van der Waals surface area contributed by atoms with Crippen LogP contribution in [0.3, 0.4) is 0 Å². The summed E-state index contributed by atoms with van der Waals surface area (Å²) in [6, 6.07) is 9.18. The first-order chi connectivity index (χ1) is 20.2. The molecule has 0 atom stereocenters. The average Bonchev–Trinajstić information content (AvgIpc) is 3.59. The van der Waals surface area contributed by atoms with Gasteiger partial charge in [-0.25, -0.2) is 22.7 Å². The van der Waals surface area contributed by atoms with Crippen LogP contribution in [-0.2, 0) is 26.1 Å². The number of nitrogens with one attached hydrogen (secondary N) is 1. The quantitative estimate of drug-likeness (QED) is 0.254. The molecule has 1 N–H and O–H groups in total. The SMILES string of the molecule is COC(=O)CS(=O)(=O)N1CCC(Cn2cc(-c3cnc4ccc(Oc5ccc6nc(C)[nH]c6c5)c(Cl)c4n3)cn2)CC1. The van der Waals surface area contributed by atoms with Crippen molar-refractivity contribution in [1.29, 1.82) is 0 Å². The van der Waals surface area contributed by atoms with Crippen LogP contribution in [0.15, 0.2) is 48.9 Å². The van der Waals surface area contributed by atoms with Crippen molar-refractivity contribution in [2.45, 2.75) is 26.3 Å². The smallest absolute Gasteiger partial charge is 0.322 e. The fourth-order valence-corrected chi connectivity index (χ4v) is 6.69. The number of halogens is 1. The van der Waals surface area contributed by atoms with E-state index in [1.165, 1.54) is 11.4 Å². The van der Waals surface area contributed by atoms with E-state index in [2.05, 4.69) is 24.8 Å². The molecule has 0 unspecified atom stereocenters. The van der Waals surface area contributed by atoms with Crippen LogP contribution in [0.1, 0.15) is 18.7 Å². The van der Waals surface area contributed by atoms with E-state index in [0.717, 1.165) is 22.4 Å². The van der Waals surface area contributed by atoms with Crippen LogP contribution in [0.4, 0.5) is 0 Å². The number of H-pyrrole nitrogens is 1. The van der Waals surface area contributed by atoms with Crippen LogP contribution in [-0.4, -0.2) is 74.4 Å². The number of benzene rings is 2. The van der Waals surface area contributed by atoms with Crippen molar-refractivity contribution in [1.82, 2.24) is 34.0 Å². The number of sulfonamides is 1. The Kier molecular flexibility index (Phi) is 7.56. The van der Waals surface area contributed by atoms with Crippen LogP contribution in [0, 0.1) is 12.8 Å². The summed E-state index contributed by atoms with van der Waals surface area (Å²) in [5, 5.41) is 4.85. The minimum Gasteiger partial charge on any atom is -0.468 e. The maximum Gasteiger partial charge on any atom is 0.322 e. The number of aryl methyl sites for hydroxylation is 1. The summed E-state index contributed by atoms with van der Waals surface area (Å²) in [5.74, 6) is 0.744. The molecule has 0 bridgehead atoms. The van der Waals surface area contributed by atoms with E-state index in [-0.39, 0.29) is 5.92 Å². The van der Waals surface area contributed by atoms with Gasteiger partial charge in [0.15, 0.2) is 5.75 Å². The molecule has 5 aromatic rings. The highest BCUT2D eigenvalue weighted by Crippen LogP contribution is 2.35. The van der Waals surface area contributed by atoms with E-state index in [9.17, 15) is 13.2 Å². The minimum absolute atomic E-state index is 0.240. The van der Waals surface area contributed by atoms with Gasteiger partial charge in [0.2, 0.25) is 10.0 Å². The van der Waals surface area contributed by atoms with Crippen molar-refractivity contribution in [2.75, 3.05) is 26.0 Å². The Morgan fingerprint density at radius 3 is 2.69 bits per heavy atom. The number of piperidine rings is 1. The van der Waals surface area contributed by atoms with E-state index < -0.39 is 21.7 Å². The maximum absolute atomic E-state index is 12.4. The molecular formula is C28H28ClN7O5S. The summed E-state index contributed by atoms with van der Waals surface area (Å²) in [6.07, 6.45) is 6.63. The van der Waals surface area contributed by atoms with Gasteiger partial charge in [0.25, 0.3) is 0 Å². The lowest BCUT2D eigenvalue weighted by molar-refractivity contribution is -0.137. The first-order valence-electron chi connectivity index (χ1n) is 13.4. The first kappa shape index (κ1) is 28.1. The molecule has 4 heterocycles. The lowest BCUT2D eigenvalue weighted by atomic mass is 9.98. The van der Waals surface area contributed by atoms with E-state index in [1.54, 1.807) is 18.5 Å². The number of esters is 1. The van der Waals surface area contributed by atoms with Gasteiger partial charge in [0.1, 0.15) is 27.9 Å². The summed E-state index contributed by atoms with van der Waals surface area (Å²) in [5.41, 5.74) is 4.27. The third-order valence-corrected chi connectivity index (χ3v) is 9.40. The molecule has 0 saturated carbocycles. The van der Waals surface area contributed by atoms with Crippen LogP contribution in [0.5, 0.6) is 11.5 Å². The molecule has 1 aliphatic rings. The van der Waals surface area contributed by atoms with Gasteiger partial charge < -0.3 is 14.5 Å². The van der Waals surface area contributed by atoms with Gasteiger partial charge >= 0.3 is 5.97 Å². The van der Waals surface area contributed by atoms with E-state index in [4.69, 9.17) is 21.3 Å². The lowest BCUT2D eigenvalue weighted by Gasteiger charge is -2.30. The van der Waals surface area contributed by atoms with Gasteiger partial charge in [-0.1, -0.05) is 11.6 Å². The molecule has 1 fully saturated rings. The van der Waals surface area contributed by atoms with E-state index in [1.807, 2.05) is 42.1 Å². The number of fused-ring (bicyclic) bond motifs is 2. The van der Waals surface area contributed by atoms with Gasteiger partial charge in [-0.2, -0.15) is 5.10 Å². The van der Waals surface area contributed by atoms with Gasteiger partial charge in [0.05, 0.1) is 41.7 Å². The summed E-state index contributed by atoms with van der Waals surface area (Å²) >= 11 is 6.75. The third kappa shape index (κ3) is 5.80. The lowest BCUT2D eigenvalue weighted by Crippen LogP contribution is -2.42. The molecule has 0 amide bonds. The molecule has 0 radical (unpaired) electrons. The normalized spacial score (nSPS) is 14.9. The molecule has 6 rings (SSSR count). The van der Waals surface area contributed by atoms with Crippen LogP contribution in [0.25, 0.3) is 33.3 Å². The number of ether oxygens (including phenoxy) is 2. The number of aromatic amines is 1. The largest absolute Gasteiger partial charge is 0.468 e. The molecule has 12 nitrogen and oxygen atoms in total. The summed E-state index contributed by atoms with van der Waals surface area (Å²) in [6.45, 7) is 3.24. The number of hydrogen-bond acceptors (Lipinski definition) is 9. The standard InChI is InChI=1S/C28H28ClN7O5S/c1-17-32-21-4-3-20(11-23(21)33-17)41-25-6-5-22-28(27(25)29)34-24(13-30-22)19-12-31-35(15-19)14-18-7-9-36(10-8-18)42(38,39)16-26(37)40-2/h3-6,11-13,15,18H,7-10,14,16H2,1-2H3,(H,32,33). The Morgan fingerprint density at radius 1 is 1.12 bits per heavy atom. The predicted molar refractivity (Wildman–Crippen MR) is 157 cm³/mol. The molecule has 14 heteroatoms. The predicted octanol–water partition coefficient (Wildman–Crippen LogP) is 4.34. The minimum atomic E-state index is -3.68. The topological polar surface area (TPSA) is 145 Å². The molecular weight excluding hydrogens is 582 g/mol. The highest BCUT2D eigenvalue weighted by molar-refractivity contribution is 7.89. The van der Waals surface area contributed by atoms with Crippen molar-refractivity contribution in [3.8, 4) is 22.8 Å². The zero-order chi connectivity index (χ0) is 29.4. The molecule has 3 aromatic heterocycles. The van der Waals surface area contributed by atoms with Crippen LogP contribution >= 0.6 is 11.6 Å². The number of carbonyl (C=O) groups is 1. The second kappa shape index (κ2) is 11.3. The fourth-order valence-electron chi connectivity index (χ4n) is 5.08. The van der Waals surface area contributed by atoms with Crippen molar-refractivity contribution in [3.63, 3.8) is 0 Å². The maximum atomic E-state index is 12.4. The van der Waals surface area contributed by atoms with Crippen molar-refractivity contribution in [2.24, 2.45) is 5.92 Å². The zero-order valence-corrected chi connectivity index (χ0v) is 24.5. The molecule has 0 aliphatic carbocycles. The van der Waals surface area contributed by atoms with E-state index >= 15 is 0 Å². The summed E-state index contributed by atoms with van der Waals surface area (Å²) in [4.78, 5) is 28.4. The zero-order valence-electron chi connectivity index (χ0n) is 22.9. The average molecular weight is 610 g/mol. The second-order valence-electron chi connectivity index (χ2n) is 10.2. The molecule has 1 saturated heterocycles. The van der Waals surface area contributed by atoms with Gasteiger partial charge in [-0.15, -0.1) is 0 Å². The molecule has 42 heavy (non-hydrogen) atoms. The number of rotatable bonds is 8. The highest BCUT2D eigenvalue weighted by Gasteiger charge is 2.30. The number of nitrogens with zero attached hydrogens (tertiary/aromatic N) is 6. The molecule has 1 aliphatic heterocycles. The number of imidazole rings is 1. The number of methoxy groups -OCH3 is 1. The second-order valence-corrected chi connectivity index (χ2v) is 12.6. The monoisotopic (exact) mass is 609 g/mol. The highest BCUT2D eigenvalue weighted by atomic mass is 35.5. The van der Waals surface area contributed by atoms with Gasteiger partial charge in [-0.05, 0) is 49.9 Å². The first-order valence-corrected chi connectivity index (χ1v) is 15.3. The van der Waals surface area contributed by atoms with Crippen LogP contribution < -0.4 is 4.74 Å². The summed E-state index contributed by atoms with van der Waals surface area (Å²) < 4.78 is 38.7. The van der Waals surface area contributed by atoms with Gasteiger partial charge in [0, 0.05) is 37.5 Å². The molecule has 218 valence electrons. The van der Waals surface area contributed by atoms with E-state index in [0.29, 0.717) is 65.7 Å². The van der Waals surface area contributed by atoms with Crippen molar-refractivity contribution >= 4 is 49.7 Å². The van der Waals surface area contributed by atoms with Crippen molar-refractivity contribution < 1.29 is 22.7 Å². The Bertz CT molecular complexity index is 1900. The number of aromatic nitrogens is 6. The Labute approximate surface area is 246 Å². The fraction of sp³-hybridized carbons (Fsp3) is 0.321. The van der Waals surface area contributed by atoms with Gasteiger partial charge in [-0.3, -0.25) is 14.5 Å². The summed E-state index contributed by atoms with van der Waals surface area (Å²) in [7, 11) is -2.50. The van der Waals surface area contributed by atoms with Crippen molar-refractivity contribution in [3.05, 3.63) is 59.8 Å².